The molecule has 4 rings (SSSR count). The highest BCUT2D eigenvalue weighted by Crippen LogP contribution is 2.36. The summed E-state index contributed by atoms with van der Waals surface area (Å²) in [6.45, 7) is -0.724. The van der Waals surface area contributed by atoms with Crippen molar-refractivity contribution in [2.45, 2.75) is 55.6 Å². The molecule has 39 heavy (non-hydrogen) atoms. The van der Waals surface area contributed by atoms with Crippen LogP contribution in [-0.2, 0) is 25.5 Å². The Hall–Kier alpha value is -3.73. The first-order valence-electron chi connectivity index (χ1n) is 11.9. The summed E-state index contributed by atoms with van der Waals surface area (Å²) in [4.78, 5) is 35.1. The van der Waals surface area contributed by atoms with E-state index in [0.717, 1.165) is 0 Å². The molecule has 1 fully saturated rings. The van der Waals surface area contributed by atoms with E-state index < -0.39 is 73.1 Å². The summed E-state index contributed by atoms with van der Waals surface area (Å²) in [5.41, 5.74) is 0.831. The molecule has 0 bridgehead atoms. The number of fused-ring (bicyclic) bond motifs is 1. The van der Waals surface area contributed by atoms with Crippen molar-refractivity contribution in [3.05, 3.63) is 41.1 Å². The molecule has 0 aliphatic carbocycles. The molecule has 8 atom stereocenters. The average Bonchev–Trinajstić information content (AvgIpc) is 3.24. The van der Waals surface area contributed by atoms with Gasteiger partial charge in [-0.25, -0.2) is 9.59 Å². The number of aliphatic hydroxyl groups is 4. The summed E-state index contributed by atoms with van der Waals surface area (Å²) in [6.07, 6.45) is -5.26. The second-order valence-corrected chi connectivity index (χ2v) is 9.48. The van der Waals surface area contributed by atoms with Crippen LogP contribution in [0.1, 0.15) is 12.0 Å². The molecule has 15 heteroatoms. The number of rotatable bonds is 8. The first kappa shape index (κ1) is 28.3. The third-order valence-electron chi connectivity index (χ3n) is 6.96. The van der Waals surface area contributed by atoms with Crippen molar-refractivity contribution in [1.82, 2.24) is 5.32 Å². The average molecular weight is 552 g/mol. The topological polar surface area (TPSA) is 251 Å². The molecular weight excluding hydrogens is 524 g/mol. The Bertz CT molecular complexity index is 1210. The highest BCUT2D eigenvalue weighted by Gasteiger charge is 2.45. The van der Waals surface area contributed by atoms with Crippen molar-refractivity contribution in [3.63, 3.8) is 0 Å². The van der Waals surface area contributed by atoms with Gasteiger partial charge in [0.15, 0.2) is 11.5 Å². The number of benzene rings is 1. The van der Waals surface area contributed by atoms with Gasteiger partial charge in [0.1, 0.15) is 60.4 Å². The molecule has 0 spiro atoms. The van der Waals surface area contributed by atoms with Gasteiger partial charge in [-0.1, -0.05) is 0 Å². The fourth-order valence-electron chi connectivity index (χ4n) is 4.89. The predicted octanol–water partition coefficient (Wildman–Crippen LogP) is -4.90. The largest absolute Gasteiger partial charge is 0.544 e. The molecular formula is C24H28N2O13. The molecule has 0 saturated carbocycles. The minimum atomic E-state index is -1.75. The molecule has 8 unspecified atom stereocenters. The number of quaternary nitrogens is 1. The normalized spacial score (nSPS) is 33.1. The molecule has 9 N–H and O–H groups in total. The van der Waals surface area contributed by atoms with E-state index in [0.29, 0.717) is 21.7 Å². The molecule has 0 amide bonds. The maximum atomic E-state index is 11.9. The Morgan fingerprint density at radius 1 is 1.13 bits per heavy atom. The van der Waals surface area contributed by atoms with E-state index in [-0.39, 0.29) is 30.8 Å². The van der Waals surface area contributed by atoms with E-state index in [4.69, 9.17) is 9.47 Å². The van der Waals surface area contributed by atoms with Gasteiger partial charge in [-0.05, 0) is 23.8 Å². The van der Waals surface area contributed by atoms with Crippen molar-refractivity contribution in [2.75, 3.05) is 13.2 Å². The zero-order valence-corrected chi connectivity index (χ0v) is 20.3. The Morgan fingerprint density at radius 3 is 2.46 bits per heavy atom. The molecule has 3 heterocycles. The van der Waals surface area contributed by atoms with E-state index in [2.05, 4.69) is 5.32 Å². The number of aromatic hydroxyl groups is 1. The van der Waals surface area contributed by atoms with Crippen molar-refractivity contribution in [3.8, 4) is 11.5 Å². The van der Waals surface area contributed by atoms with Crippen molar-refractivity contribution < 1.29 is 69.6 Å². The number of carboxylic acid groups (broad SMARTS) is 3. The Labute approximate surface area is 220 Å². The van der Waals surface area contributed by atoms with Crippen molar-refractivity contribution in [2.24, 2.45) is 0 Å². The van der Waals surface area contributed by atoms with Crippen LogP contribution >= 0.6 is 0 Å². The van der Waals surface area contributed by atoms with Crippen LogP contribution in [0.3, 0.4) is 0 Å². The van der Waals surface area contributed by atoms with Gasteiger partial charge in [0, 0.05) is 24.5 Å². The van der Waals surface area contributed by atoms with Crippen molar-refractivity contribution >= 4 is 23.6 Å². The third-order valence-corrected chi connectivity index (χ3v) is 6.96. The van der Waals surface area contributed by atoms with Gasteiger partial charge in [0.05, 0.1) is 6.61 Å². The fourth-order valence-corrected chi connectivity index (χ4v) is 4.89. The maximum absolute atomic E-state index is 11.9. The van der Waals surface area contributed by atoms with E-state index in [1.165, 1.54) is 24.3 Å². The number of allylic oxidation sites excluding steroid dienone is 1. The molecule has 0 aromatic heterocycles. The number of hydrogen-bond acceptors (Lipinski definition) is 12. The fraction of sp³-hybridized carbons (Fsp3) is 0.458. The number of carbonyl (C=O) groups excluding carboxylic acids is 1. The van der Waals surface area contributed by atoms with Gasteiger partial charge in [0.25, 0.3) is 0 Å². The summed E-state index contributed by atoms with van der Waals surface area (Å²) in [6, 6.07) is 0.265. The van der Waals surface area contributed by atoms with Crippen LogP contribution in [-0.4, -0.2) is 110 Å². The highest BCUT2D eigenvalue weighted by molar-refractivity contribution is 5.89. The van der Waals surface area contributed by atoms with Crippen LogP contribution in [0.5, 0.6) is 11.5 Å². The SMILES string of the molecule is O=C(O)C1=CC(=CC[NH+]2c3cc(OC4OC(CO)C(O)C(O)C4O)c(O)cc3CC2C(=O)[O-])CC(C(=O)O)N1. The predicted molar refractivity (Wildman–Crippen MR) is 123 cm³/mol. The molecule has 3 aliphatic heterocycles. The number of carbonyl (C=O) groups is 3. The maximum Gasteiger partial charge on any atom is 0.351 e. The lowest BCUT2D eigenvalue weighted by Crippen LogP contribution is -3.11. The summed E-state index contributed by atoms with van der Waals surface area (Å²) in [5, 5.41) is 83.1. The number of aliphatic hydroxyl groups excluding tert-OH is 4. The summed E-state index contributed by atoms with van der Waals surface area (Å²) < 4.78 is 10.9. The van der Waals surface area contributed by atoms with Crippen LogP contribution in [0.15, 0.2) is 35.6 Å². The number of aliphatic carboxylic acids is 3. The number of phenols is 1. The van der Waals surface area contributed by atoms with Crippen LogP contribution in [0.4, 0.5) is 5.69 Å². The molecule has 1 saturated heterocycles. The zero-order chi connectivity index (χ0) is 28.6. The minimum absolute atomic E-state index is 0.0268. The van der Waals surface area contributed by atoms with Crippen LogP contribution in [0.25, 0.3) is 0 Å². The highest BCUT2D eigenvalue weighted by atomic mass is 16.7. The number of nitrogens with one attached hydrogen (secondary N) is 2. The zero-order valence-electron chi connectivity index (χ0n) is 20.3. The molecule has 3 aliphatic rings. The first-order chi connectivity index (χ1) is 18.4. The van der Waals surface area contributed by atoms with E-state index in [9.17, 15) is 55.2 Å². The summed E-state index contributed by atoms with van der Waals surface area (Å²) in [5.74, 6) is -4.69. The Balaban J connectivity index is 1.62. The van der Waals surface area contributed by atoms with Gasteiger partial charge >= 0.3 is 11.9 Å². The standard InChI is InChI=1S/C24H28N2O13/c27-8-17-18(29)19(30)20(31)24(39-17)38-16-7-13-10(6-15(16)28)5-14(23(36)37)26(13)2-1-9-3-11(21(32)33)25-12(4-9)22(34)35/h1,3,6-7,12,14,17-20,24-25,27-31H,2,4-5,8H2,(H,32,33)(H,34,35)(H,36,37). The van der Waals surface area contributed by atoms with Crippen molar-refractivity contribution in [1.29, 1.82) is 0 Å². The second-order valence-electron chi connectivity index (χ2n) is 9.48. The van der Waals surface area contributed by atoms with Crippen LogP contribution in [0.2, 0.25) is 0 Å². The van der Waals surface area contributed by atoms with Gasteiger partial charge in [-0.15, -0.1) is 0 Å². The molecule has 1 aromatic carbocycles. The number of hydrogen-bond donors (Lipinski definition) is 9. The van der Waals surface area contributed by atoms with Crippen LogP contribution in [0, 0.1) is 0 Å². The van der Waals surface area contributed by atoms with Gasteiger partial charge < -0.3 is 60.4 Å². The van der Waals surface area contributed by atoms with E-state index in [1.807, 2.05) is 0 Å². The molecule has 1 aromatic rings. The van der Waals surface area contributed by atoms with E-state index >= 15 is 0 Å². The molecule has 0 radical (unpaired) electrons. The van der Waals surface area contributed by atoms with E-state index in [1.54, 1.807) is 0 Å². The van der Waals surface area contributed by atoms with Crippen LogP contribution < -0.4 is 20.1 Å². The van der Waals surface area contributed by atoms with Gasteiger partial charge in [-0.3, -0.25) is 4.90 Å². The smallest absolute Gasteiger partial charge is 0.351 e. The molecule has 212 valence electrons. The Morgan fingerprint density at radius 2 is 1.85 bits per heavy atom. The molecule has 15 nitrogen and oxygen atoms in total. The lowest BCUT2D eigenvalue weighted by atomic mass is 9.99. The number of carboxylic acids is 3. The summed E-state index contributed by atoms with van der Waals surface area (Å²) in [7, 11) is 0. The third kappa shape index (κ3) is 5.68. The number of phenolic OH excluding ortho intramolecular Hbond substituents is 1. The second kappa shape index (κ2) is 11.2. The number of ether oxygens (including phenoxy) is 2. The lowest BCUT2D eigenvalue weighted by molar-refractivity contribution is -0.840. The Kier molecular flexibility index (Phi) is 8.10. The minimum Gasteiger partial charge on any atom is -0.544 e. The van der Waals surface area contributed by atoms with Gasteiger partial charge in [0.2, 0.25) is 6.29 Å². The monoisotopic (exact) mass is 552 g/mol. The quantitative estimate of drug-likeness (QED) is 0.137. The first-order valence-corrected chi connectivity index (χ1v) is 11.9. The lowest BCUT2D eigenvalue weighted by Gasteiger charge is -2.39. The summed E-state index contributed by atoms with van der Waals surface area (Å²) >= 11 is 0. The van der Waals surface area contributed by atoms with Gasteiger partial charge in [-0.2, -0.15) is 0 Å².